The zero-order chi connectivity index (χ0) is 13.1. The Labute approximate surface area is 108 Å². The summed E-state index contributed by atoms with van der Waals surface area (Å²) < 4.78 is 1.50. The SMILES string of the molecule is CCSc1cc(N)n(-c2cccc([N+](=O)[O-])c2)n1. The molecule has 0 amide bonds. The Hall–Kier alpha value is -2.02. The molecule has 6 nitrogen and oxygen atoms in total. The molecule has 7 heteroatoms. The van der Waals surface area contributed by atoms with E-state index < -0.39 is 4.92 Å². The van der Waals surface area contributed by atoms with E-state index in [0.717, 1.165) is 10.8 Å². The molecule has 0 saturated heterocycles. The highest BCUT2D eigenvalue weighted by Crippen LogP contribution is 2.23. The van der Waals surface area contributed by atoms with E-state index in [2.05, 4.69) is 5.10 Å². The second-order valence-electron chi connectivity index (χ2n) is 3.53. The number of hydrogen-bond acceptors (Lipinski definition) is 5. The van der Waals surface area contributed by atoms with Crippen molar-refractivity contribution in [2.75, 3.05) is 11.5 Å². The minimum absolute atomic E-state index is 0.0205. The average Bonchev–Trinajstić information content (AvgIpc) is 2.71. The maximum atomic E-state index is 10.7. The first-order valence-corrected chi connectivity index (χ1v) is 6.33. The zero-order valence-electron chi connectivity index (χ0n) is 9.74. The molecule has 0 spiro atoms. The van der Waals surface area contributed by atoms with E-state index in [9.17, 15) is 10.1 Å². The summed E-state index contributed by atoms with van der Waals surface area (Å²) in [4.78, 5) is 10.3. The van der Waals surface area contributed by atoms with E-state index in [1.54, 1.807) is 30.0 Å². The number of nitrogen functional groups attached to an aromatic ring is 1. The van der Waals surface area contributed by atoms with E-state index in [-0.39, 0.29) is 5.69 Å². The molecular formula is C11H12N4O2S. The number of non-ortho nitro benzene ring substituents is 1. The highest BCUT2D eigenvalue weighted by atomic mass is 32.2. The van der Waals surface area contributed by atoms with Crippen molar-refractivity contribution in [3.05, 3.63) is 40.4 Å². The van der Waals surface area contributed by atoms with Crippen LogP contribution in [-0.4, -0.2) is 20.5 Å². The summed E-state index contributed by atoms with van der Waals surface area (Å²) in [6, 6.07) is 7.99. The first kappa shape index (κ1) is 12.4. The van der Waals surface area contributed by atoms with Crippen molar-refractivity contribution >= 4 is 23.3 Å². The van der Waals surface area contributed by atoms with Crippen LogP contribution in [0.15, 0.2) is 35.4 Å². The molecule has 94 valence electrons. The van der Waals surface area contributed by atoms with Crippen LogP contribution in [0, 0.1) is 10.1 Å². The summed E-state index contributed by atoms with van der Waals surface area (Å²) in [5.74, 6) is 1.36. The van der Waals surface area contributed by atoms with Crippen molar-refractivity contribution in [3.63, 3.8) is 0 Å². The van der Waals surface area contributed by atoms with Gasteiger partial charge in [-0.3, -0.25) is 10.1 Å². The summed E-state index contributed by atoms with van der Waals surface area (Å²) in [6.45, 7) is 2.02. The number of nitro groups is 1. The Bertz CT molecular complexity index is 582. The number of aromatic nitrogens is 2. The Morgan fingerprint density at radius 2 is 2.28 bits per heavy atom. The minimum Gasteiger partial charge on any atom is -0.384 e. The van der Waals surface area contributed by atoms with Gasteiger partial charge in [-0.05, 0) is 11.8 Å². The fourth-order valence-electron chi connectivity index (χ4n) is 1.54. The van der Waals surface area contributed by atoms with E-state index in [4.69, 9.17) is 5.73 Å². The smallest absolute Gasteiger partial charge is 0.271 e. The van der Waals surface area contributed by atoms with Gasteiger partial charge in [-0.25, -0.2) is 4.68 Å². The summed E-state index contributed by atoms with van der Waals surface area (Å²) in [6.07, 6.45) is 0. The maximum Gasteiger partial charge on any atom is 0.271 e. The van der Waals surface area contributed by atoms with Crippen LogP contribution in [0.5, 0.6) is 0 Å². The molecule has 1 heterocycles. The van der Waals surface area contributed by atoms with Crippen LogP contribution in [0.25, 0.3) is 5.69 Å². The van der Waals surface area contributed by atoms with Gasteiger partial charge in [0.2, 0.25) is 0 Å². The summed E-state index contributed by atoms with van der Waals surface area (Å²) in [7, 11) is 0. The van der Waals surface area contributed by atoms with E-state index in [0.29, 0.717) is 11.5 Å². The van der Waals surface area contributed by atoms with Crippen LogP contribution in [0.4, 0.5) is 11.5 Å². The minimum atomic E-state index is -0.440. The number of anilines is 1. The lowest BCUT2D eigenvalue weighted by atomic mass is 10.3. The molecule has 0 unspecified atom stereocenters. The number of nitrogens with zero attached hydrogens (tertiary/aromatic N) is 3. The molecule has 0 radical (unpaired) electrons. The Morgan fingerprint density at radius 1 is 1.50 bits per heavy atom. The van der Waals surface area contributed by atoms with Crippen molar-refractivity contribution in [3.8, 4) is 5.69 Å². The van der Waals surface area contributed by atoms with Gasteiger partial charge < -0.3 is 5.73 Å². The van der Waals surface area contributed by atoms with Crippen molar-refractivity contribution < 1.29 is 4.92 Å². The first-order valence-electron chi connectivity index (χ1n) is 5.35. The third-order valence-electron chi connectivity index (χ3n) is 2.29. The van der Waals surface area contributed by atoms with Gasteiger partial charge >= 0.3 is 0 Å². The molecule has 0 aliphatic heterocycles. The molecule has 2 rings (SSSR count). The molecule has 0 bridgehead atoms. The van der Waals surface area contributed by atoms with Crippen molar-refractivity contribution in [2.24, 2.45) is 0 Å². The summed E-state index contributed by atoms with van der Waals surface area (Å²) in [5, 5.41) is 15.8. The largest absolute Gasteiger partial charge is 0.384 e. The van der Waals surface area contributed by atoms with E-state index in [1.807, 2.05) is 6.92 Å². The van der Waals surface area contributed by atoms with Crippen molar-refractivity contribution in [2.45, 2.75) is 11.9 Å². The lowest BCUT2D eigenvalue weighted by Crippen LogP contribution is -2.02. The first-order chi connectivity index (χ1) is 8.61. The number of nitrogens with two attached hydrogens (primary N) is 1. The average molecular weight is 264 g/mol. The van der Waals surface area contributed by atoms with Gasteiger partial charge in [0.05, 0.1) is 10.6 Å². The van der Waals surface area contributed by atoms with Crippen molar-refractivity contribution in [1.82, 2.24) is 9.78 Å². The molecule has 0 aliphatic carbocycles. The molecule has 1 aromatic carbocycles. The molecule has 0 saturated carbocycles. The Balaban J connectivity index is 2.41. The monoisotopic (exact) mass is 264 g/mol. The third kappa shape index (κ3) is 2.45. The molecule has 1 aromatic heterocycles. The topological polar surface area (TPSA) is 87.0 Å². The fourth-order valence-corrected chi connectivity index (χ4v) is 2.18. The van der Waals surface area contributed by atoms with Gasteiger partial charge in [0.1, 0.15) is 10.8 Å². The normalized spacial score (nSPS) is 10.5. The lowest BCUT2D eigenvalue weighted by molar-refractivity contribution is -0.384. The molecule has 0 fully saturated rings. The van der Waals surface area contributed by atoms with Crippen LogP contribution >= 0.6 is 11.8 Å². The van der Waals surface area contributed by atoms with E-state index in [1.165, 1.54) is 16.8 Å². The number of rotatable bonds is 4. The fraction of sp³-hybridized carbons (Fsp3) is 0.182. The highest BCUT2D eigenvalue weighted by Gasteiger charge is 2.11. The van der Waals surface area contributed by atoms with Crippen LogP contribution in [0.2, 0.25) is 0 Å². The van der Waals surface area contributed by atoms with Crippen molar-refractivity contribution in [1.29, 1.82) is 0 Å². The van der Waals surface area contributed by atoms with Gasteiger partial charge in [0.15, 0.2) is 0 Å². The lowest BCUT2D eigenvalue weighted by Gasteiger charge is -2.03. The predicted octanol–water partition coefficient (Wildman–Crippen LogP) is 2.47. The standard InChI is InChI=1S/C11H12N4O2S/c1-2-18-11-7-10(12)14(13-11)8-4-3-5-9(6-8)15(16)17/h3-7H,2,12H2,1H3. The number of thioether (sulfide) groups is 1. The number of benzene rings is 1. The number of hydrogen-bond donors (Lipinski definition) is 1. The molecule has 2 aromatic rings. The molecule has 0 aliphatic rings. The molecule has 0 atom stereocenters. The quantitative estimate of drug-likeness (QED) is 0.520. The second-order valence-corrected chi connectivity index (χ2v) is 4.81. The Kier molecular flexibility index (Phi) is 3.52. The van der Waals surface area contributed by atoms with E-state index >= 15 is 0 Å². The zero-order valence-corrected chi connectivity index (χ0v) is 10.6. The summed E-state index contributed by atoms with van der Waals surface area (Å²) >= 11 is 1.57. The maximum absolute atomic E-state index is 10.7. The Morgan fingerprint density at radius 3 is 2.94 bits per heavy atom. The predicted molar refractivity (Wildman–Crippen MR) is 71.0 cm³/mol. The van der Waals surface area contributed by atoms with Crippen LogP contribution in [0.3, 0.4) is 0 Å². The second kappa shape index (κ2) is 5.09. The third-order valence-corrected chi connectivity index (χ3v) is 3.08. The number of nitro benzene ring substituents is 1. The van der Waals surface area contributed by atoms with Crippen LogP contribution < -0.4 is 5.73 Å². The van der Waals surface area contributed by atoms with Gasteiger partial charge in [0.25, 0.3) is 5.69 Å². The van der Waals surface area contributed by atoms with Gasteiger partial charge in [-0.2, -0.15) is 5.10 Å². The summed E-state index contributed by atoms with van der Waals surface area (Å²) in [5.41, 5.74) is 6.46. The van der Waals surface area contributed by atoms with Crippen LogP contribution in [-0.2, 0) is 0 Å². The van der Waals surface area contributed by atoms with Gasteiger partial charge in [-0.15, -0.1) is 11.8 Å². The molecule has 18 heavy (non-hydrogen) atoms. The van der Waals surface area contributed by atoms with Gasteiger partial charge in [-0.1, -0.05) is 13.0 Å². The van der Waals surface area contributed by atoms with Gasteiger partial charge in [0, 0.05) is 18.2 Å². The molecule has 2 N–H and O–H groups in total. The highest BCUT2D eigenvalue weighted by molar-refractivity contribution is 7.99. The van der Waals surface area contributed by atoms with Crippen LogP contribution in [0.1, 0.15) is 6.92 Å². The molecular weight excluding hydrogens is 252 g/mol.